The molecule has 0 aliphatic rings. The monoisotopic (exact) mass is 431 g/mol. The number of ether oxygens (including phenoxy) is 2. The van der Waals surface area contributed by atoms with E-state index in [2.05, 4.69) is 15.3 Å². The van der Waals surface area contributed by atoms with Gasteiger partial charge in [0.25, 0.3) is 5.91 Å². The molecular weight excluding hydrogens is 414 g/mol. The lowest BCUT2D eigenvalue weighted by atomic mass is 10.1. The van der Waals surface area contributed by atoms with E-state index in [1.807, 2.05) is 24.3 Å². The minimum Gasteiger partial charge on any atom is -0.497 e. The van der Waals surface area contributed by atoms with Gasteiger partial charge in [0.2, 0.25) is 0 Å². The largest absolute Gasteiger partial charge is 0.497 e. The van der Waals surface area contributed by atoms with Crippen molar-refractivity contribution in [3.8, 4) is 28.6 Å². The predicted octanol–water partition coefficient (Wildman–Crippen LogP) is 5.85. The van der Waals surface area contributed by atoms with Gasteiger partial charge in [-0.05, 0) is 54.1 Å². The summed E-state index contributed by atoms with van der Waals surface area (Å²) in [4.78, 5) is 20.9. The highest BCUT2D eigenvalue weighted by Gasteiger charge is 2.08. The molecular formula is C24H18ClN3O3. The molecule has 1 heterocycles. The molecule has 4 rings (SSSR count). The van der Waals surface area contributed by atoms with Gasteiger partial charge in [-0.15, -0.1) is 0 Å². The highest BCUT2D eigenvalue weighted by Crippen LogP contribution is 2.24. The molecule has 154 valence electrons. The molecule has 0 radical (unpaired) electrons. The number of nitrogens with one attached hydrogen (secondary N) is 1. The summed E-state index contributed by atoms with van der Waals surface area (Å²) in [6.07, 6.45) is 3.34. The third kappa shape index (κ3) is 5.18. The summed E-state index contributed by atoms with van der Waals surface area (Å²) in [6.45, 7) is 0. The van der Waals surface area contributed by atoms with E-state index in [4.69, 9.17) is 21.1 Å². The molecule has 0 aliphatic heterocycles. The van der Waals surface area contributed by atoms with Crippen LogP contribution in [0.2, 0.25) is 5.02 Å². The van der Waals surface area contributed by atoms with Crippen LogP contribution in [-0.4, -0.2) is 23.0 Å². The summed E-state index contributed by atoms with van der Waals surface area (Å²) in [5, 5.41) is 3.45. The molecule has 0 bridgehead atoms. The third-order valence-electron chi connectivity index (χ3n) is 4.46. The zero-order valence-corrected chi connectivity index (χ0v) is 17.3. The van der Waals surface area contributed by atoms with E-state index in [0.29, 0.717) is 27.8 Å². The lowest BCUT2D eigenvalue weighted by Gasteiger charge is -2.08. The van der Waals surface area contributed by atoms with E-state index < -0.39 is 0 Å². The molecule has 0 aliphatic carbocycles. The summed E-state index contributed by atoms with van der Waals surface area (Å²) in [7, 11) is 1.59. The van der Waals surface area contributed by atoms with Gasteiger partial charge in [-0.25, -0.2) is 9.97 Å². The Morgan fingerprint density at radius 1 is 0.871 bits per heavy atom. The predicted molar refractivity (Wildman–Crippen MR) is 120 cm³/mol. The van der Waals surface area contributed by atoms with Crippen LogP contribution in [0.3, 0.4) is 0 Å². The summed E-state index contributed by atoms with van der Waals surface area (Å²) >= 11 is 5.87. The standard InChI is InChI=1S/C24H18ClN3O3/c1-30-21-3-2-4-22(13-21)31-24-26-14-18(15-27-24)16-5-7-17(8-6-16)23(29)28-20-11-9-19(25)10-12-20/h2-15H,1H3,(H,28,29). The van der Waals surface area contributed by atoms with E-state index in [9.17, 15) is 4.79 Å². The normalized spacial score (nSPS) is 10.4. The first-order chi connectivity index (χ1) is 15.1. The summed E-state index contributed by atoms with van der Waals surface area (Å²) < 4.78 is 10.8. The summed E-state index contributed by atoms with van der Waals surface area (Å²) in [5.41, 5.74) is 2.91. The highest BCUT2D eigenvalue weighted by atomic mass is 35.5. The molecule has 4 aromatic rings. The lowest BCUT2D eigenvalue weighted by molar-refractivity contribution is 0.102. The number of amides is 1. The van der Waals surface area contributed by atoms with Crippen molar-refractivity contribution in [3.63, 3.8) is 0 Å². The van der Waals surface area contributed by atoms with Gasteiger partial charge in [-0.1, -0.05) is 29.8 Å². The average molecular weight is 432 g/mol. The fourth-order valence-corrected chi connectivity index (χ4v) is 2.96. The number of hydrogen-bond donors (Lipinski definition) is 1. The highest BCUT2D eigenvalue weighted by molar-refractivity contribution is 6.30. The molecule has 0 unspecified atom stereocenters. The van der Waals surface area contributed by atoms with Crippen LogP contribution in [-0.2, 0) is 0 Å². The van der Waals surface area contributed by atoms with E-state index in [1.165, 1.54) is 0 Å². The SMILES string of the molecule is COc1cccc(Oc2ncc(-c3ccc(C(=O)Nc4ccc(Cl)cc4)cc3)cn2)c1. The van der Waals surface area contributed by atoms with Crippen LogP contribution in [0.4, 0.5) is 5.69 Å². The van der Waals surface area contributed by atoms with Crippen LogP contribution in [0, 0.1) is 0 Å². The molecule has 7 heteroatoms. The van der Waals surface area contributed by atoms with E-state index >= 15 is 0 Å². The molecule has 0 atom stereocenters. The van der Waals surface area contributed by atoms with E-state index in [1.54, 1.807) is 68.0 Å². The fourth-order valence-electron chi connectivity index (χ4n) is 2.84. The Morgan fingerprint density at radius 2 is 1.55 bits per heavy atom. The van der Waals surface area contributed by atoms with Crippen LogP contribution in [0.1, 0.15) is 10.4 Å². The summed E-state index contributed by atoms with van der Waals surface area (Å²) in [6, 6.07) is 21.6. The van der Waals surface area contributed by atoms with Crippen molar-refractivity contribution in [2.45, 2.75) is 0 Å². The van der Waals surface area contributed by atoms with Gasteiger partial charge in [0, 0.05) is 40.3 Å². The molecule has 6 nitrogen and oxygen atoms in total. The van der Waals surface area contributed by atoms with E-state index in [0.717, 1.165) is 11.1 Å². The molecule has 0 saturated heterocycles. The zero-order valence-electron chi connectivity index (χ0n) is 16.6. The molecule has 1 N–H and O–H groups in total. The van der Waals surface area contributed by atoms with Gasteiger partial charge in [0.05, 0.1) is 7.11 Å². The number of aromatic nitrogens is 2. The minimum atomic E-state index is -0.202. The van der Waals surface area contributed by atoms with Crippen LogP contribution in [0.25, 0.3) is 11.1 Å². The number of benzene rings is 3. The zero-order chi connectivity index (χ0) is 21.6. The number of nitrogens with zero attached hydrogens (tertiary/aromatic N) is 2. The second-order valence-electron chi connectivity index (χ2n) is 6.57. The smallest absolute Gasteiger partial charge is 0.321 e. The number of hydrogen-bond acceptors (Lipinski definition) is 5. The second kappa shape index (κ2) is 9.28. The number of carbonyl (C=O) groups is 1. The van der Waals surface area contributed by atoms with Crippen molar-refractivity contribution in [1.82, 2.24) is 9.97 Å². The molecule has 0 saturated carbocycles. The van der Waals surface area contributed by atoms with Crippen molar-refractivity contribution >= 4 is 23.2 Å². The summed E-state index contributed by atoms with van der Waals surface area (Å²) in [5.74, 6) is 1.07. The van der Waals surface area contributed by atoms with Crippen molar-refractivity contribution in [2.75, 3.05) is 12.4 Å². The van der Waals surface area contributed by atoms with Crippen LogP contribution in [0.5, 0.6) is 17.5 Å². The van der Waals surface area contributed by atoms with Crippen LogP contribution >= 0.6 is 11.6 Å². The van der Waals surface area contributed by atoms with Crippen molar-refractivity contribution in [3.05, 3.63) is 95.8 Å². The molecule has 0 fully saturated rings. The number of halogens is 1. The molecule has 0 spiro atoms. The van der Waals surface area contributed by atoms with Gasteiger partial charge in [-0.3, -0.25) is 4.79 Å². The minimum absolute atomic E-state index is 0.202. The fraction of sp³-hybridized carbons (Fsp3) is 0.0417. The Balaban J connectivity index is 1.42. The Labute approximate surface area is 184 Å². The Hall–Kier alpha value is -3.90. The van der Waals surface area contributed by atoms with Crippen molar-refractivity contribution < 1.29 is 14.3 Å². The second-order valence-corrected chi connectivity index (χ2v) is 7.01. The van der Waals surface area contributed by atoms with E-state index in [-0.39, 0.29) is 11.9 Å². The number of rotatable bonds is 6. The van der Waals surface area contributed by atoms with Gasteiger partial charge in [0.1, 0.15) is 11.5 Å². The van der Waals surface area contributed by atoms with Crippen LogP contribution < -0.4 is 14.8 Å². The molecule has 1 aromatic heterocycles. The maximum absolute atomic E-state index is 12.4. The Bertz CT molecular complexity index is 1180. The lowest BCUT2D eigenvalue weighted by Crippen LogP contribution is -2.11. The van der Waals surface area contributed by atoms with Gasteiger partial charge >= 0.3 is 6.01 Å². The van der Waals surface area contributed by atoms with Gasteiger partial charge < -0.3 is 14.8 Å². The maximum atomic E-state index is 12.4. The number of carbonyl (C=O) groups excluding carboxylic acids is 1. The maximum Gasteiger partial charge on any atom is 0.321 e. The van der Waals surface area contributed by atoms with Gasteiger partial charge in [0.15, 0.2) is 0 Å². The quantitative estimate of drug-likeness (QED) is 0.414. The van der Waals surface area contributed by atoms with Crippen molar-refractivity contribution in [1.29, 1.82) is 0 Å². The molecule has 1 amide bonds. The first-order valence-corrected chi connectivity index (χ1v) is 9.80. The van der Waals surface area contributed by atoms with Gasteiger partial charge in [-0.2, -0.15) is 0 Å². The third-order valence-corrected chi connectivity index (χ3v) is 4.71. The number of methoxy groups -OCH3 is 1. The Morgan fingerprint density at radius 3 is 2.23 bits per heavy atom. The first kappa shape index (κ1) is 20.4. The average Bonchev–Trinajstić information content (AvgIpc) is 2.81. The molecule has 31 heavy (non-hydrogen) atoms. The molecule has 3 aromatic carbocycles. The van der Waals surface area contributed by atoms with Crippen LogP contribution in [0.15, 0.2) is 85.2 Å². The number of anilines is 1. The first-order valence-electron chi connectivity index (χ1n) is 9.42. The van der Waals surface area contributed by atoms with Crippen molar-refractivity contribution in [2.24, 2.45) is 0 Å². The Kier molecular flexibility index (Phi) is 6.10. The topological polar surface area (TPSA) is 73.3 Å².